The van der Waals surface area contributed by atoms with Gasteiger partial charge in [-0.15, -0.1) is 11.3 Å². The zero-order valence-electron chi connectivity index (χ0n) is 30.0. The molecule has 1 heteroatoms. The highest BCUT2D eigenvalue weighted by Gasteiger charge is 2.33. The van der Waals surface area contributed by atoms with Crippen LogP contribution in [0.1, 0.15) is 33.4 Å². The van der Waals surface area contributed by atoms with Gasteiger partial charge in [0.1, 0.15) is 0 Å². The summed E-state index contributed by atoms with van der Waals surface area (Å²) in [6.45, 7) is 13.6. The Labute approximate surface area is 303 Å². The van der Waals surface area contributed by atoms with Crippen LogP contribution in [0.5, 0.6) is 0 Å². The Hall–Kier alpha value is -5.50. The molecule has 0 bridgehead atoms. The fraction of sp³-hybridized carbons (Fsp3) is 0.120. The summed E-state index contributed by atoms with van der Waals surface area (Å²) in [6.07, 6.45) is 0. The third-order valence-corrected chi connectivity index (χ3v) is 12.6. The molecule has 0 aliphatic heterocycles. The SMILES string of the molecule is Cc1cc(C)c(-c2c3c(c(-c4c(C)cc(C)cc4C)c4ccccc24)-c2ccc(-c4cccc5c4sc4ccccc45)c4cccc-3c24)c(C)c1. The maximum Gasteiger partial charge on any atom is 0.0434 e. The van der Waals surface area contributed by atoms with E-state index < -0.39 is 0 Å². The first-order valence-electron chi connectivity index (χ1n) is 18.0. The van der Waals surface area contributed by atoms with Gasteiger partial charge in [0.05, 0.1) is 0 Å². The molecule has 0 saturated carbocycles. The number of hydrogen-bond donors (Lipinski definition) is 0. The van der Waals surface area contributed by atoms with E-state index in [9.17, 15) is 0 Å². The molecule has 0 amide bonds. The van der Waals surface area contributed by atoms with Gasteiger partial charge in [0, 0.05) is 25.7 Å². The number of thiophene rings is 1. The average Bonchev–Trinajstić information content (AvgIpc) is 3.65. The van der Waals surface area contributed by atoms with Crippen LogP contribution in [-0.4, -0.2) is 0 Å². The number of hydrogen-bond acceptors (Lipinski definition) is 1. The van der Waals surface area contributed by atoms with Gasteiger partial charge in [-0.05, 0) is 141 Å². The fourth-order valence-electron chi connectivity index (χ4n) is 9.66. The Balaban J connectivity index is 1.39. The summed E-state index contributed by atoms with van der Waals surface area (Å²) in [4.78, 5) is 0. The monoisotopic (exact) mass is 670 g/mol. The maximum atomic E-state index is 2.44. The van der Waals surface area contributed by atoms with Crippen LogP contribution in [0.4, 0.5) is 0 Å². The van der Waals surface area contributed by atoms with E-state index in [1.807, 2.05) is 11.3 Å². The van der Waals surface area contributed by atoms with Gasteiger partial charge < -0.3 is 0 Å². The minimum Gasteiger partial charge on any atom is -0.135 e. The normalized spacial score (nSPS) is 12.1. The molecule has 0 nitrogen and oxygen atoms in total. The first-order valence-corrected chi connectivity index (χ1v) is 18.8. The largest absolute Gasteiger partial charge is 0.135 e. The van der Waals surface area contributed by atoms with Crippen LogP contribution in [0.15, 0.2) is 121 Å². The van der Waals surface area contributed by atoms with Crippen molar-refractivity contribution in [2.24, 2.45) is 0 Å². The lowest BCUT2D eigenvalue weighted by Gasteiger charge is -2.24. The number of aryl methyl sites for hydroxylation is 6. The van der Waals surface area contributed by atoms with Crippen molar-refractivity contribution in [3.63, 3.8) is 0 Å². The van der Waals surface area contributed by atoms with Crippen molar-refractivity contribution in [2.75, 3.05) is 0 Å². The van der Waals surface area contributed by atoms with E-state index in [1.165, 1.54) is 131 Å². The second-order valence-corrected chi connectivity index (χ2v) is 15.8. The molecule has 1 heterocycles. The van der Waals surface area contributed by atoms with Crippen molar-refractivity contribution in [2.45, 2.75) is 41.5 Å². The molecule has 0 unspecified atom stereocenters. The molecular formula is C50H38S. The summed E-state index contributed by atoms with van der Waals surface area (Å²) >= 11 is 1.91. The highest BCUT2D eigenvalue weighted by Crippen LogP contribution is 2.60. The van der Waals surface area contributed by atoms with Crippen LogP contribution in [0, 0.1) is 41.5 Å². The van der Waals surface area contributed by atoms with Gasteiger partial charge in [-0.3, -0.25) is 0 Å². The number of benzene rings is 8. The van der Waals surface area contributed by atoms with Crippen LogP contribution in [-0.2, 0) is 0 Å². The standard InChI is InChI=1S/C50H38S/c1-27-23-29(3)43(30(4)24-27)46-36-14-7-8-15-37(36)47(44-31(5)25-28(2)26-32(44)6)49-41-22-21-33(35-16-11-19-40(45(35)41)48(46)49)38-17-12-18-39-34-13-9-10-20-42(34)51-50(38)39/h7-26H,1-6H3. The Bertz CT molecular complexity index is 2810. The molecule has 0 fully saturated rings. The van der Waals surface area contributed by atoms with Gasteiger partial charge in [0.15, 0.2) is 0 Å². The molecule has 1 aliphatic rings. The third-order valence-electron chi connectivity index (χ3n) is 11.3. The molecule has 0 spiro atoms. The second-order valence-electron chi connectivity index (χ2n) is 14.8. The van der Waals surface area contributed by atoms with Crippen LogP contribution in [0.2, 0.25) is 0 Å². The Morgan fingerprint density at radius 3 is 1.37 bits per heavy atom. The van der Waals surface area contributed by atoms with Crippen molar-refractivity contribution in [1.82, 2.24) is 0 Å². The zero-order valence-corrected chi connectivity index (χ0v) is 30.8. The zero-order chi connectivity index (χ0) is 34.7. The smallest absolute Gasteiger partial charge is 0.0434 e. The Morgan fingerprint density at radius 2 is 0.784 bits per heavy atom. The van der Waals surface area contributed by atoms with Gasteiger partial charge >= 0.3 is 0 Å². The molecule has 244 valence electrons. The van der Waals surface area contributed by atoms with Crippen LogP contribution in [0.25, 0.3) is 97.4 Å². The molecule has 1 aromatic heterocycles. The highest BCUT2D eigenvalue weighted by molar-refractivity contribution is 7.26. The van der Waals surface area contributed by atoms with E-state index in [1.54, 1.807) is 0 Å². The molecule has 0 N–H and O–H groups in total. The van der Waals surface area contributed by atoms with Crippen LogP contribution in [0.3, 0.4) is 0 Å². The lowest BCUT2D eigenvalue weighted by atomic mass is 9.79. The van der Waals surface area contributed by atoms with Crippen molar-refractivity contribution in [3.05, 3.63) is 155 Å². The molecule has 10 rings (SSSR count). The van der Waals surface area contributed by atoms with Crippen molar-refractivity contribution >= 4 is 53.1 Å². The third kappa shape index (κ3) is 4.25. The van der Waals surface area contributed by atoms with Crippen LogP contribution < -0.4 is 0 Å². The number of rotatable bonds is 3. The van der Waals surface area contributed by atoms with Gasteiger partial charge in [-0.1, -0.05) is 126 Å². The van der Waals surface area contributed by atoms with Crippen LogP contribution >= 0.6 is 11.3 Å². The quantitative estimate of drug-likeness (QED) is 0.175. The molecule has 0 radical (unpaired) electrons. The summed E-state index contributed by atoms with van der Waals surface area (Å²) in [7, 11) is 0. The lowest BCUT2D eigenvalue weighted by molar-refractivity contribution is 1.32. The highest BCUT2D eigenvalue weighted by atomic mass is 32.1. The summed E-state index contributed by atoms with van der Waals surface area (Å²) in [5.41, 5.74) is 21.4. The lowest BCUT2D eigenvalue weighted by Crippen LogP contribution is -1.99. The first kappa shape index (κ1) is 30.3. The molecule has 9 aromatic rings. The van der Waals surface area contributed by atoms with Crippen molar-refractivity contribution < 1.29 is 0 Å². The minimum atomic E-state index is 1.30. The molecule has 8 aromatic carbocycles. The molecule has 1 aliphatic carbocycles. The van der Waals surface area contributed by atoms with Gasteiger partial charge in [-0.25, -0.2) is 0 Å². The van der Waals surface area contributed by atoms with Gasteiger partial charge in [0.25, 0.3) is 0 Å². The Kier molecular flexibility index (Phi) is 6.54. The molecule has 51 heavy (non-hydrogen) atoms. The summed E-state index contributed by atoms with van der Waals surface area (Å²) in [5, 5.41) is 8.01. The summed E-state index contributed by atoms with van der Waals surface area (Å²) in [5.74, 6) is 0. The summed E-state index contributed by atoms with van der Waals surface area (Å²) < 4.78 is 2.70. The van der Waals surface area contributed by atoms with Gasteiger partial charge in [0.2, 0.25) is 0 Å². The predicted octanol–water partition coefficient (Wildman–Crippen LogP) is 14.9. The van der Waals surface area contributed by atoms with Crippen molar-refractivity contribution in [1.29, 1.82) is 0 Å². The van der Waals surface area contributed by atoms with E-state index in [-0.39, 0.29) is 0 Å². The fourth-order valence-corrected chi connectivity index (χ4v) is 10.9. The van der Waals surface area contributed by atoms with E-state index in [4.69, 9.17) is 0 Å². The van der Waals surface area contributed by atoms with Gasteiger partial charge in [-0.2, -0.15) is 0 Å². The predicted molar refractivity (Wildman–Crippen MR) is 224 cm³/mol. The molecule has 0 atom stereocenters. The molecular weight excluding hydrogens is 633 g/mol. The first-order chi connectivity index (χ1) is 24.8. The topological polar surface area (TPSA) is 0 Å². The van der Waals surface area contributed by atoms with E-state index in [0.717, 1.165) is 0 Å². The van der Waals surface area contributed by atoms with E-state index >= 15 is 0 Å². The average molecular weight is 671 g/mol. The minimum absolute atomic E-state index is 1.30. The van der Waals surface area contributed by atoms with E-state index in [0.29, 0.717) is 0 Å². The molecule has 0 saturated heterocycles. The maximum absolute atomic E-state index is 2.44. The Morgan fingerprint density at radius 1 is 0.333 bits per heavy atom. The number of fused-ring (bicyclic) bond motifs is 7. The van der Waals surface area contributed by atoms with Crippen molar-refractivity contribution in [3.8, 4) is 55.6 Å². The van der Waals surface area contributed by atoms with E-state index in [2.05, 4.69) is 163 Å². The second kappa shape index (κ2) is 11.0. The summed E-state index contributed by atoms with van der Waals surface area (Å²) in [6, 6.07) is 46.2.